The first kappa shape index (κ1) is 50.7. The number of hydrogen-bond acceptors (Lipinski definition) is 15. The number of aliphatic hydroxyl groups is 6. The average Bonchev–Trinajstić information content (AvgIpc) is 3.53. The van der Waals surface area contributed by atoms with Gasteiger partial charge in [-0.15, -0.1) is 0 Å². The van der Waals surface area contributed by atoms with Crippen LogP contribution in [0.2, 0.25) is 0 Å². The van der Waals surface area contributed by atoms with Gasteiger partial charge in [-0.05, 0) is 108 Å². The first-order valence-corrected chi connectivity index (χ1v) is 24.8. The van der Waals surface area contributed by atoms with Gasteiger partial charge in [-0.1, -0.05) is 55.8 Å². The van der Waals surface area contributed by atoms with Crippen LogP contribution in [0.4, 0.5) is 0 Å². The Morgan fingerprint density at radius 1 is 0.821 bits per heavy atom. The van der Waals surface area contributed by atoms with E-state index in [1.165, 1.54) is 13.0 Å². The van der Waals surface area contributed by atoms with Crippen molar-refractivity contribution < 1.29 is 73.4 Å². The average molecular weight is 941 g/mol. The summed E-state index contributed by atoms with van der Waals surface area (Å²) in [5, 5.41) is 68.7. The van der Waals surface area contributed by atoms with Crippen LogP contribution in [-0.4, -0.2) is 147 Å². The highest BCUT2D eigenvalue weighted by molar-refractivity contribution is 5.88. The number of carbonyl (C=O) groups excluding carboxylic acids is 2. The smallest absolute Gasteiger partial charge is 0.331 e. The molecule has 0 spiro atoms. The summed E-state index contributed by atoms with van der Waals surface area (Å²) >= 11 is 0. The molecular formula is C52H76O15. The number of ketones is 1. The summed E-state index contributed by atoms with van der Waals surface area (Å²) in [5.41, 5.74) is -6.17. The predicted molar refractivity (Wildman–Crippen MR) is 244 cm³/mol. The summed E-state index contributed by atoms with van der Waals surface area (Å²) in [7, 11) is 1.66. The summed E-state index contributed by atoms with van der Waals surface area (Å²) in [6, 6.07) is 9.30. The fourth-order valence-electron chi connectivity index (χ4n) is 14.0. The van der Waals surface area contributed by atoms with E-state index in [0.29, 0.717) is 44.9 Å². The molecule has 1 aromatic carbocycles. The Morgan fingerprint density at radius 2 is 1.52 bits per heavy atom. The quantitative estimate of drug-likeness (QED) is 0.0908. The Labute approximate surface area is 395 Å². The van der Waals surface area contributed by atoms with Gasteiger partial charge < -0.3 is 63.8 Å². The Bertz CT molecular complexity index is 1980. The highest BCUT2D eigenvalue weighted by Crippen LogP contribution is 2.71. The molecule has 0 amide bonds. The van der Waals surface area contributed by atoms with Crippen LogP contribution in [0.1, 0.15) is 118 Å². The summed E-state index contributed by atoms with van der Waals surface area (Å²) in [4.78, 5) is 26.9. The van der Waals surface area contributed by atoms with E-state index in [-0.39, 0.29) is 87.2 Å². The van der Waals surface area contributed by atoms with Gasteiger partial charge in [-0.25, -0.2) is 4.79 Å². The van der Waals surface area contributed by atoms with Crippen molar-refractivity contribution in [2.45, 2.75) is 196 Å². The molecule has 0 aromatic heterocycles. The zero-order chi connectivity index (χ0) is 48.3. The maximum atomic E-state index is 13.6. The van der Waals surface area contributed by atoms with E-state index in [2.05, 4.69) is 13.8 Å². The van der Waals surface area contributed by atoms with Crippen molar-refractivity contribution in [1.29, 1.82) is 0 Å². The number of carbonyl (C=O) groups is 2. The van der Waals surface area contributed by atoms with E-state index < -0.39 is 82.3 Å². The Kier molecular flexibility index (Phi) is 14.8. The van der Waals surface area contributed by atoms with Gasteiger partial charge in [0.1, 0.15) is 29.0 Å². The monoisotopic (exact) mass is 941 g/mol. The zero-order valence-corrected chi connectivity index (χ0v) is 40.3. The molecule has 4 saturated carbocycles. The topological polar surface area (TPSA) is 220 Å². The van der Waals surface area contributed by atoms with Crippen molar-refractivity contribution in [3.63, 3.8) is 0 Å². The second-order valence-electron chi connectivity index (χ2n) is 21.6. The highest BCUT2D eigenvalue weighted by atomic mass is 16.7. The van der Waals surface area contributed by atoms with Gasteiger partial charge >= 0.3 is 5.97 Å². The van der Waals surface area contributed by atoms with Crippen LogP contribution in [0, 0.1) is 34.5 Å². The maximum Gasteiger partial charge on any atom is 0.331 e. The second kappa shape index (κ2) is 19.5. The third-order valence-electron chi connectivity index (χ3n) is 18.0. The van der Waals surface area contributed by atoms with E-state index in [1.54, 1.807) is 27.0 Å². The first-order chi connectivity index (χ1) is 31.7. The lowest BCUT2D eigenvalue weighted by atomic mass is 9.42. The Hall–Kier alpha value is -2.64. The maximum absolute atomic E-state index is 13.6. The number of rotatable bonds is 13. The fourth-order valence-corrected chi connectivity index (χ4v) is 14.0. The standard InChI is InChI=1S/C52H76O15/c1-29-21-38(22-35(28-54)46(29)67-43-23-34(27-53)45(57)30(2)62-43)65-47-31(3)63-44(25-39(47)61-7)64-37-16-17-48(5)36(24-37)15-18-51(59)40(48)26-41(66-42(56)14-13-33-11-9-8-10-12-33)49(6)50(58,32(4)55)19-20-52(49,51)60/h8-15,29-31,34-35,37-41,43-47,53-54,57-60H,16-28H2,1-7H3/b14-13+/t29?,30?,31?,34?,35?,37?,38?,39?,40?,41-,43?,44?,45?,46?,47?,48+,49-,50-,51+,52-/m1/s1. The second-order valence-corrected chi connectivity index (χ2v) is 21.6. The van der Waals surface area contributed by atoms with Gasteiger partial charge in [0, 0.05) is 57.0 Å². The molecule has 2 saturated heterocycles. The van der Waals surface area contributed by atoms with Crippen molar-refractivity contribution in [1.82, 2.24) is 0 Å². The first-order valence-electron chi connectivity index (χ1n) is 24.8. The highest BCUT2D eigenvalue weighted by Gasteiger charge is 2.81. The number of hydrogen-bond donors (Lipinski definition) is 6. The van der Waals surface area contributed by atoms with Crippen molar-refractivity contribution in [2.24, 2.45) is 34.5 Å². The Balaban J connectivity index is 0.922. The van der Waals surface area contributed by atoms with Crippen molar-refractivity contribution in [2.75, 3.05) is 20.3 Å². The molecule has 15 nitrogen and oxygen atoms in total. The van der Waals surface area contributed by atoms with Crippen LogP contribution in [0.3, 0.4) is 0 Å². The minimum Gasteiger partial charge on any atom is -0.458 e. The lowest BCUT2D eigenvalue weighted by Crippen LogP contribution is -2.78. The van der Waals surface area contributed by atoms with E-state index in [0.717, 1.165) is 11.1 Å². The molecule has 14 unspecified atom stereocenters. The molecular weight excluding hydrogens is 865 g/mol. The molecule has 1 aromatic rings. The van der Waals surface area contributed by atoms with Crippen LogP contribution in [0.5, 0.6) is 0 Å². The Morgan fingerprint density at radius 3 is 2.21 bits per heavy atom. The summed E-state index contributed by atoms with van der Waals surface area (Å²) in [6.07, 6.45) is 3.61. The van der Waals surface area contributed by atoms with Crippen LogP contribution in [0.15, 0.2) is 48.1 Å². The van der Waals surface area contributed by atoms with Crippen molar-refractivity contribution in [3.8, 4) is 0 Å². The molecule has 6 fully saturated rings. The van der Waals surface area contributed by atoms with Crippen LogP contribution in [0.25, 0.3) is 6.08 Å². The van der Waals surface area contributed by atoms with Gasteiger partial charge in [-0.2, -0.15) is 0 Å². The molecule has 2 heterocycles. The van der Waals surface area contributed by atoms with E-state index in [1.807, 2.05) is 43.3 Å². The predicted octanol–water partition coefficient (Wildman–Crippen LogP) is 4.55. The number of aliphatic hydroxyl groups excluding tert-OH is 3. The largest absolute Gasteiger partial charge is 0.458 e. The number of methoxy groups -OCH3 is 1. The number of esters is 1. The lowest BCUT2D eigenvalue weighted by molar-refractivity contribution is -0.315. The fraction of sp³-hybridized carbons (Fsp3) is 0.769. The summed E-state index contributed by atoms with van der Waals surface area (Å²) in [5.74, 6) is -2.31. The molecule has 7 aliphatic rings. The van der Waals surface area contributed by atoms with Crippen molar-refractivity contribution in [3.05, 3.63) is 53.6 Å². The number of ether oxygens (including phenoxy) is 7. The molecule has 0 radical (unpaired) electrons. The number of benzene rings is 1. The van der Waals surface area contributed by atoms with Gasteiger partial charge in [-0.3, -0.25) is 4.79 Å². The SMILES string of the molecule is COC1CC(OC2CC[C@@]3(C)C(=CC[C@]4(O)C3C[C@@H](OC(=O)/C=C/c3ccccc3)[C@@]3(C)[C@]4(O)CC[C@@]3(O)C(C)=O)C2)OC(C)C1OC1CC(C)C(OC2CC(CO)C(O)C(C)O2)C(CO)C1. The minimum absolute atomic E-state index is 0.0270. The molecule has 67 heavy (non-hydrogen) atoms. The van der Waals surface area contributed by atoms with Crippen LogP contribution >= 0.6 is 0 Å². The number of fused-ring (bicyclic) bond motifs is 5. The third kappa shape index (κ3) is 8.83. The molecule has 374 valence electrons. The van der Waals surface area contributed by atoms with Crippen molar-refractivity contribution >= 4 is 17.8 Å². The summed E-state index contributed by atoms with van der Waals surface area (Å²) in [6.45, 7) is 10.5. The van der Waals surface area contributed by atoms with Gasteiger partial charge in [0.25, 0.3) is 0 Å². The molecule has 6 N–H and O–H groups in total. The zero-order valence-electron chi connectivity index (χ0n) is 40.3. The normalized spacial score (nSPS) is 47.7. The molecule has 0 bridgehead atoms. The summed E-state index contributed by atoms with van der Waals surface area (Å²) < 4.78 is 44.7. The van der Waals surface area contributed by atoms with Gasteiger partial charge in [0.15, 0.2) is 18.4 Å². The van der Waals surface area contributed by atoms with E-state index in [4.69, 9.17) is 33.2 Å². The third-order valence-corrected chi connectivity index (χ3v) is 18.0. The molecule has 5 aliphatic carbocycles. The van der Waals surface area contributed by atoms with Crippen LogP contribution in [-0.2, 0) is 42.7 Å². The lowest BCUT2D eigenvalue weighted by Gasteiger charge is -2.67. The van der Waals surface area contributed by atoms with Crippen LogP contribution < -0.4 is 0 Å². The number of Topliss-reactive ketones (excluding diaryl/α,β-unsaturated/α-hetero) is 1. The van der Waals surface area contributed by atoms with E-state index >= 15 is 0 Å². The van der Waals surface area contributed by atoms with Gasteiger partial charge in [0.05, 0.1) is 48.1 Å². The van der Waals surface area contributed by atoms with E-state index in [9.17, 15) is 40.2 Å². The minimum atomic E-state index is -2.04. The molecule has 15 heteroatoms. The molecule has 8 rings (SSSR count). The van der Waals surface area contributed by atoms with Gasteiger partial charge in [0.2, 0.25) is 0 Å². The molecule has 20 atom stereocenters. The molecule has 2 aliphatic heterocycles.